The lowest BCUT2D eigenvalue weighted by Gasteiger charge is -2.19. The lowest BCUT2D eigenvalue weighted by atomic mass is 10.00. The van der Waals surface area contributed by atoms with Crippen LogP contribution in [0, 0.1) is 0 Å². The van der Waals surface area contributed by atoms with Crippen LogP contribution in [0.5, 0.6) is 0 Å². The average Bonchev–Trinajstić information content (AvgIpc) is 3.27. The van der Waals surface area contributed by atoms with Gasteiger partial charge in [0.25, 0.3) is 0 Å². The standard InChI is InChI=1S/C23H25ClF3N3O2/c1-22(2,31)9-10-30-21(23(25,26)27)17(12-29-30)20-18(13-32-14-7-8-14)16(11-28-20)15-5-3-4-6-19(15)24/h3-6,11-12,14,28,31H,7-10,13H2,1-2H3. The molecule has 0 unspecified atom stereocenters. The van der Waals surface area contributed by atoms with Crippen LogP contribution in [0.15, 0.2) is 36.7 Å². The summed E-state index contributed by atoms with van der Waals surface area (Å²) in [4.78, 5) is 3.02. The Morgan fingerprint density at radius 2 is 1.91 bits per heavy atom. The number of aliphatic hydroxyl groups is 1. The van der Waals surface area contributed by atoms with E-state index in [9.17, 15) is 18.3 Å². The summed E-state index contributed by atoms with van der Waals surface area (Å²) in [5.41, 5.74) is 0.308. The van der Waals surface area contributed by atoms with Crippen LogP contribution in [-0.4, -0.2) is 31.6 Å². The van der Waals surface area contributed by atoms with Gasteiger partial charge < -0.3 is 14.8 Å². The summed E-state index contributed by atoms with van der Waals surface area (Å²) in [6.45, 7) is 3.21. The van der Waals surface area contributed by atoms with Crippen molar-refractivity contribution in [1.29, 1.82) is 0 Å². The van der Waals surface area contributed by atoms with Crippen LogP contribution in [-0.2, 0) is 24.1 Å². The molecule has 2 aromatic heterocycles. The zero-order valence-corrected chi connectivity index (χ0v) is 18.6. The summed E-state index contributed by atoms with van der Waals surface area (Å²) in [6, 6.07) is 7.20. The fourth-order valence-corrected chi connectivity index (χ4v) is 3.85. The first-order valence-electron chi connectivity index (χ1n) is 10.5. The molecule has 1 aromatic carbocycles. The van der Waals surface area contributed by atoms with E-state index in [1.807, 2.05) is 12.1 Å². The average molecular weight is 468 g/mol. The fraction of sp³-hybridized carbons (Fsp3) is 0.435. The van der Waals surface area contributed by atoms with E-state index in [1.54, 1.807) is 32.2 Å². The zero-order chi connectivity index (χ0) is 23.1. The minimum absolute atomic E-state index is 0.0547. The van der Waals surface area contributed by atoms with E-state index in [2.05, 4.69) is 10.1 Å². The first-order valence-corrected chi connectivity index (χ1v) is 10.8. The topological polar surface area (TPSA) is 63.1 Å². The molecule has 172 valence electrons. The van der Waals surface area contributed by atoms with Crippen LogP contribution >= 0.6 is 11.6 Å². The summed E-state index contributed by atoms with van der Waals surface area (Å²) < 4.78 is 49.1. The molecule has 0 aliphatic heterocycles. The highest BCUT2D eigenvalue weighted by molar-refractivity contribution is 6.33. The van der Waals surface area contributed by atoms with E-state index in [0.29, 0.717) is 27.4 Å². The van der Waals surface area contributed by atoms with Crippen molar-refractivity contribution in [2.75, 3.05) is 0 Å². The predicted octanol–water partition coefficient (Wildman–Crippen LogP) is 6.06. The van der Waals surface area contributed by atoms with Crippen molar-refractivity contribution in [1.82, 2.24) is 14.8 Å². The number of aromatic amines is 1. The maximum absolute atomic E-state index is 14.1. The van der Waals surface area contributed by atoms with Crippen LogP contribution in [0.2, 0.25) is 5.02 Å². The summed E-state index contributed by atoms with van der Waals surface area (Å²) in [7, 11) is 0. The van der Waals surface area contributed by atoms with Crippen LogP contribution < -0.4 is 0 Å². The molecule has 4 rings (SSSR count). The van der Waals surface area contributed by atoms with Gasteiger partial charge in [0.1, 0.15) is 0 Å². The number of nitrogens with zero attached hydrogens (tertiary/aromatic N) is 2. The predicted molar refractivity (Wildman–Crippen MR) is 116 cm³/mol. The molecule has 3 aromatic rings. The highest BCUT2D eigenvalue weighted by Gasteiger charge is 2.40. The van der Waals surface area contributed by atoms with E-state index in [0.717, 1.165) is 17.5 Å². The van der Waals surface area contributed by atoms with Crippen LogP contribution in [0.3, 0.4) is 0 Å². The Balaban J connectivity index is 1.80. The van der Waals surface area contributed by atoms with Gasteiger partial charge in [-0.3, -0.25) is 4.68 Å². The Kier molecular flexibility index (Phi) is 6.13. The maximum Gasteiger partial charge on any atom is 0.433 e. The SMILES string of the molecule is CC(C)(O)CCn1ncc(-c2[nH]cc(-c3ccccc3Cl)c2COC2CC2)c1C(F)(F)F. The van der Waals surface area contributed by atoms with Crippen molar-refractivity contribution in [3.63, 3.8) is 0 Å². The van der Waals surface area contributed by atoms with Gasteiger partial charge in [0.15, 0.2) is 5.69 Å². The van der Waals surface area contributed by atoms with Crippen LogP contribution in [0.4, 0.5) is 13.2 Å². The second-order valence-electron chi connectivity index (χ2n) is 8.74. The number of nitrogens with one attached hydrogen (secondary N) is 1. The lowest BCUT2D eigenvalue weighted by Crippen LogP contribution is -2.24. The molecule has 0 saturated heterocycles. The number of hydrogen-bond acceptors (Lipinski definition) is 3. The molecule has 1 aliphatic rings. The molecular weight excluding hydrogens is 443 g/mol. The summed E-state index contributed by atoms with van der Waals surface area (Å²) in [5, 5.41) is 14.5. The monoisotopic (exact) mass is 467 g/mol. The van der Waals surface area contributed by atoms with Gasteiger partial charge in [-0.1, -0.05) is 29.8 Å². The highest BCUT2D eigenvalue weighted by atomic mass is 35.5. The van der Waals surface area contributed by atoms with Gasteiger partial charge in [0.2, 0.25) is 0 Å². The van der Waals surface area contributed by atoms with Crippen molar-refractivity contribution < 1.29 is 23.0 Å². The van der Waals surface area contributed by atoms with Gasteiger partial charge >= 0.3 is 6.18 Å². The van der Waals surface area contributed by atoms with Crippen LogP contribution in [0.25, 0.3) is 22.4 Å². The number of rotatable bonds is 8. The third-order valence-electron chi connectivity index (χ3n) is 5.45. The molecule has 5 nitrogen and oxygen atoms in total. The van der Waals surface area contributed by atoms with E-state index in [4.69, 9.17) is 16.3 Å². The largest absolute Gasteiger partial charge is 0.433 e. The van der Waals surface area contributed by atoms with Gasteiger partial charge in [-0.25, -0.2) is 0 Å². The lowest BCUT2D eigenvalue weighted by molar-refractivity contribution is -0.144. The molecule has 2 N–H and O–H groups in total. The van der Waals surface area contributed by atoms with Crippen molar-refractivity contribution in [3.05, 3.63) is 52.9 Å². The molecule has 2 heterocycles. The Bertz CT molecular complexity index is 1090. The quantitative estimate of drug-likeness (QED) is 0.423. The molecule has 32 heavy (non-hydrogen) atoms. The molecule has 9 heteroatoms. The number of hydrogen-bond donors (Lipinski definition) is 2. The number of ether oxygens (including phenoxy) is 1. The summed E-state index contributed by atoms with van der Waals surface area (Å²) in [5.74, 6) is 0. The van der Waals surface area contributed by atoms with Gasteiger partial charge in [-0.05, 0) is 39.2 Å². The second-order valence-corrected chi connectivity index (χ2v) is 9.14. The van der Waals surface area contributed by atoms with Gasteiger partial charge in [-0.15, -0.1) is 0 Å². The number of H-pyrrole nitrogens is 1. The minimum Gasteiger partial charge on any atom is -0.390 e. The Hall–Kier alpha value is -2.29. The van der Waals surface area contributed by atoms with Crippen molar-refractivity contribution >= 4 is 11.6 Å². The minimum atomic E-state index is -4.63. The molecule has 0 radical (unpaired) electrons. The number of benzene rings is 1. The Morgan fingerprint density at radius 3 is 2.53 bits per heavy atom. The Morgan fingerprint density at radius 1 is 1.19 bits per heavy atom. The summed E-state index contributed by atoms with van der Waals surface area (Å²) >= 11 is 6.38. The molecule has 1 fully saturated rings. The van der Waals surface area contributed by atoms with Gasteiger partial charge in [0, 0.05) is 40.0 Å². The van der Waals surface area contributed by atoms with E-state index >= 15 is 0 Å². The highest BCUT2D eigenvalue weighted by Crippen LogP contribution is 2.42. The van der Waals surface area contributed by atoms with E-state index < -0.39 is 17.5 Å². The zero-order valence-electron chi connectivity index (χ0n) is 17.8. The molecule has 0 atom stereocenters. The molecule has 0 spiro atoms. The molecule has 1 aliphatic carbocycles. The summed E-state index contributed by atoms with van der Waals surface area (Å²) in [6.07, 6.45) is 0.411. The normalized spacial score (nSPS) is 14.8. The van der Waals surface area contributed by atoms with Crippen molar-refractivity contribution in [3.8, 4) is 22.4 Å². The first-order chi connectivity index (χ1) is 15.0. The van der Waals surface area contributed by atoms with E-state index in [1.165, 1.54) is 6.20 Å². The van der Waals surface area contributed by atoms with Crippen molar-refractivity contribution in [2.24, 2.45) is 0 Å². The van der Waals surface area contributed by atoms with Crippen molar-refractivity contribution in [2.45, 2.75) is 64.1 Å². The number of halogens is 4. The molecule has 0 amide bonds. The Labute approximate surface area is 189 Å². The van der Waals surface area contributed by atoms with Gasteiger partial charge in [0.05, 0.1) is 30.2 Å². The third-order valence-corrected chi connectivity index (χ3v) is 5.78. The van der Waals surface area contributed by atoms with E-state index in [-0.39, 0.29) is 31.2 Å². The number of aryl methyl sites for hydroxylation is 1. The first kappa shape index (κ1) is 22.9. The number of aromatic nitrogens is 3. The molecule has 1 saturated carbocycles. The molecule has 0 bridgehead atoms. The van der Waals surface area contributed by atoms with Gasteiger partial charge in [-0.2, -0.15) is 18.3 Å². The van der Waals surface area contributed by atoms with Crippen LogP contribution in [0.1, 0.15) is 44.4 Å². The smallest absolute Gasteiger partial charge is 0.390 e. The number of alkyl halides is 3. The third kappa shape index (κ3) is 5.03. The fourth-order valence-electron chi connectivity index (χ4n) is 3.62. The maximum atomic E-state index is 14.1. The second kappa shape index (κ2) is 8.57. The molecular formula is C23H25ClF3N3O2.